The number of carboxylic acids is 1. The molecular weight excluding hydrogens is 188 g/mol. The second-order valence-electron chi connectivity index (χ2n) is 3.61. The second kappa shape index (κ2) is 4.72. The number of ether oxygens (including phenoxy) is 2. The molecule has 2 unspecified atom stereocenters. The second-order valence-corrected chi connectivity index (χ2v) is 3.61. The molecule has 0 aliphatic carbocycles. The Morgan fingerprint density at radius 2 is 2.36 bits per heavy atom. The highest BCUT2D eigenvalue weighted by molar-refractivity contribution is 5.67. The number of rotatable bonds is 5. The highest BCUT2D eigenvalue weighted by Gasteiger charge is 2.37. The summed E-state index contributed by atoms with van der Waals surface area (Å²) in [6.45, 7) is 2.17. The number of hydrogen-bond donors (Lipinski definition) is 2. The molecule has 0 saturated carbocycles. The van der Waals surface area contributed by atoms with Crippen LogP contribution in [-0.2, 0) is 14.3 Å². The van der Waals surface area contributed by atoms with E-state index < -0.39 is 11.8 Å². The van der Waals surface area contributed by atoms with Crippen molar-refractivity contribution in [2.75, 3.05) is 13.2 Å². The van der Waals surface area contributed by atoms with Crippen molar-refractivity contribution in [3.8, 4) is 0 Å². The third kappa shape index (κ3) is 3.25. The summed E-state index contributed by atoms with van der Waals surface area (Å²) in [6, 6.07) is 0. The van der Waals surface area contributed by atoms with Gasteiger partial charge in [0, 0.05) is 13.0 Å². The largest absolute Gasteiger partial charge is 0.481 e. The van der Waals surface area contributed by atoms with Gasteiger partial charge in [0.25, 0.3) is 0 Å². The molecular formula is C9H16O5. The molecule has 0 aromatic rings. The minimum absolute atomic E-state index is 0.0330. The van der Waals surface area contributed by atoms with Crippen LogP contribution in [0.1, 0.15) is 26.2 Å². The summed E-state index contributed by atoms with van der Waals surface area (Å²) < 4.78 is 10.8. The predicted octanol–water partition coefficient (Wildman–Crippen LogP) is 0.365. The fraction of sp³-hybridized carbons (Fsp3) is 0.889. The van der Waals surface area contributed by atoms with Crippen molar-refractivity contribution >= 4 is 5.97 Å². The minimum atomic E-state index is -0.884. The molecule has 1 aliphatic heterocycles. The lowest BCUT2D eigenvalue weighted by Gasteiger charge is -2.22. The first-order chi connectivity index (χ1) is 6.56. The van der Waals surface area contributed by atoms with Gasteiger partial charge >= 0.3 is 5.97 Å². The van der Waals surface area contributed by atoms with Crippen molar-refractivity contribution in [1.29, 1.82) is 0 Å². The summed E-state index contributed by atoms with van der Waals surface area (Å²) in [5.74, 6) is -1.60. The van der Waals surface area contributed by atoms with Crippen molar-refractivity contribution in [2.45, 2.75) is 38.1 Å². The average Bonchev–Trinajstić information content (AvgIpc) is 2.44. The summed E-state index contributed by atoms with van der Waals surface area (Å²) in [6.07, 6.45) is 0.779. The fourth-order valence-electron chi connectivity index (χ4n) is 1.52. The van der Waals surface area contributed by atoms with Gasteiger partial charge in [-0.3, -0.25) is 4.79 Å². The zero-order valence-corrected chi connectivity index (χ0v) is 8.23. The molecule has 1 saturated heterocycles. The van der Waals surface area contributed by atoms with Crippen molar-refractivity contribution in [3.05, 3.63) is 0 Å². The lowest BCUT2D eigenvalue weighted by atomic mass is 10.2. The molecule has 0 aromatic heterocycles. The van der Waals surface area contributed by atoms with E-state index in [1.54, 1.807) is 6.92 Å². The predicted molar refractivity (Wildman–Crippen MR) is 47.8 cm³/mol. The van der Waals surface area contributed by atoms with Crippen LogP contribution in [0.5, 0.6) is 0 Å². The van der Waals surface area contributed by atoms with E-state index in [9.17, 15) is 4.79 Å². The summed E-state index contributed by atoms with van der Waals surface area (Å²) in [4.78, 5) is 10.4. The standard InChI is InChI=1S/C9H16O5/c1-9(3-2-4-10)13-6-7(14-9)5-8(11)12/h7,10H,2-6H2,1H3,(H,11,12). The SMILES string of the molecule is CC1(CCCO)OCC(CC(=O)O)O1. The zero-order chi connectivity index (χ0) is 10.6. The monoisotopic (exact) mass is 204 g/mol. The summed E-state index contributed by atoms with van der Waals surface area (Å²) in [5, 5.41) is 17.2. The van der Waals surface area contributed by atoms with Crippen molar-refractivity contribution in [1.82, 2.24) is 0 Å². The molecule has 1 rings (SSSR count). The van der Waals surface area contributed by atoms with Crippen LogP contribution in [0.4, 0.5) is 0 Å². The quantitative estimate of drug-likeness (QED) is 0.676. The Morgan fingerprint density at radius 1 is 1.64 bits per heavy atom. The van der Waals surface area contributed by atoms with Crippen LogP contribution < -0.4 is 0 Å². The van der Waals surface area contributed by atoms with E-state index in [1.165, 1.54) is 0 Å². The Labute approximate surface area is 82.6 Å². The van der Waals surface area contributed by atoms with Gasteiger partial charge in [-0.25, -0.2) is 0 Å². The van der Waals surface area contributed by atoms with Crippen LogP contribution in [0, 0.1) is 0 Å². The molecule has 14 heavy (non-hydrogen) atoms. The van der Waals surface area contributed by atoms with E-state index in [4.69, 9.17) is 19.7 Å². The Morgan fingerprint density at radius 3 is 2.93 bits per heavy atom. The van der Waals surface area contributed by atoms with Gasteiger partial charge in [-0.2, -0.15) is 0 Å². The highest BCUT2D eigenvalue weighted by Crippen LogP contribution is 2.28. The van der Waals surface area contributed by atoms with Gasteiger partial charge < -0.3 is 19.7 Å². The van der Waals surface area contributed by atoms with E-state index in [2.05, 4.69) is 0 Å². The number of carboxylic acid groups (broad SMARTS) is 1. The average molecular weight is 204 g/mol. The van der Waals surface area contributed by atoms with Gasteiger partial charge in [0.15, 0.2) is 5.79 Å². The lowest BCUT2D eigenvalue weighted by molar-refractivity contribution is -0.164. The Balaban J connectivity index is 2.34. The Bertz CT molecular complexity index is 205. The van der Waals surface area contributed by atoms with Gasteiger partial charge in [-0.1, -0.05) is 0 Å². The third-order valence-corrected chi connectivity index (χ3v) is 2.18. The smallest absolute Gasteiger partial charge is 0.306 e. The van der Waals surface area contributed by atoms with Crippen molar-refractivity contribution in [3.63, 3.8) is 0 Å². The first-order valence-electron chi connectivity index (χ1n) is 4.70. The molecule has 0 aromatic carbocycles. The maximum absolute atomic E-state index is 10.4. The zero-order valence-electron chi connectivity index (χ0n) is 8.23. The van der Waals surface area contributed by atoms with Gasteiger partial charge in [0.05, 0.1) is 19.1 Å². The molecule has 2 N–H and O–H groups in total. The molecule has 82 valence electrons. The van der Waals surface area contributed by atoms with Gasteiger partial charge in [0.1, 0.15) is 0 Å². The number of hydrogen-bond acceptors (Lipinski definition) is 4. The molecule has 0 spiro atoms. The number of carbonyl (C=O) groups is 1. The highest BCUT2D eigenvalue weighted by atomic mass is 16.7. The van der Waals surface area contributed by atoms with Crippen LogP contribution in [0.2, 0.25) is 0 Å². The molecule has 0 bridgehead atoms. The summed E-state index contributed by atoms with van der Waals surface area (Å²) >= 11 is 0. The maximum Gasteiger partial charge on any atom is 0.306 e. The summed E-state index contributed by atoms with van der Waals surface area (Å²) in [5.41, 5.74) is 0. The van der Waals surface area contributed by atoms with Crippen molar-refractivity contribution < 1.29 is 24.5 Å². The number of aliphatic hydroxyl groups is 1. The lowest BCUT2D eigenvalue weighted by Crippen LogP contribution is -2.27. The van der Waals surface area contributed by atoms with E-state index in [-0.39, 0.29) is 19.1 Å². The number of aliphatic carboxylic acids is 1. The van der Waals surface area contributed by atoms with Gasteiger partial charge in [0.2, 0.25) is 0 Å². The molecule has 2 atom stereocenters. The normalized spacial score (nSPS) is 32.0. The van der Waals surface area contributed by atoms with Crippen LogP contribution in [0.15, 0.2) is 0 Å². The fourth-order valence-corrected chi connectivity index (χ4v) is 1.52. The van der Waals surface area contributed by atoms with Gasteiger partial charge in [-0.05, 0) is 13.3 Å². The summed E-state index contributed by atoms with van der Waals surface area (Å²) in [7, 11) is 0. The van der Waals surface area contributed by atoms with Crippen LogP contribution in [0.3, 0.4) is 0 Å². The molecule has 1 aliphatic rings. The Hall–Kier alpha value is -0.650. The Kier molecular flexibility index (Phi) is 3.86. The van der Waals surface area contributed by atoms with Crippen LogP contribution in [-0.4, -0.2) is 41.3 Å². The first kappa shape index (κ1) is 11.4. The van der Waals surface area contributed by atoms with Crippen molar-refractivity contribution in [2.24, 2.45) is 0 Å². The first-order valence-corrected chi connectivity index (χ1v) is 4.70. The molecule has 5 nitrogen and oxygen atoms in total. The van der Waals surface area contributed by atoms with Gasteiger partial charge in [-0.15, -0.1) is 0 Å². The topological polar surface area (TPSA) is 76.0 Å². The van der Waals surface area contributed by atoms with E-state index in [0.717, 1.165) is 0 Å². The maximum atomic E-state index is 10.4. The van der Waals surface area contributed by atoms with E-state index >= 15 is 0 Å². The van der Waals surface area contributed by atoms with E-state index in [1.807, 2.05) is 0 Å². The molecule has 0 amide bonds. The van der Waals surface area contributed by atoms with Crippen LogP contribution >= 0.6 is 0 Å². The number of aliphatic hydroxyl groups excluding tert-OH is 1. The molecule has 1 heterocycles. The molecule has 0 radical (unpaired) electrons. The minimum Gasteiger partial charge on any atom is -0.481 e. The van der Waals surface area contributed by atoms with E-state index in [0.29, 0.717) is 19.4 Å². The third-order valence-electron chi connectivity index (χ3n) is 2.18. The molecule has 1 fully saturated rings. The molecule has 5 heteroatoms. The van der Waals surface area contributed by atoms with Crippen LogP contribution in [0.25, 0.3) is 0 Å².